The average Bonchev–Trinajstić information content (AvgIpc) is 4.14. The van der Waals surface area contributed by atoms with Gasteiger partial charge in [0.15, 0.2) is 5.95 Å². The fourth-order valence-electron chi connectivity index (χ4n) is 7.86. The van der Waals surface area contributed by atoms with Crippen LogP contribution in [0.2, 0.25) is 0 Å². The molecule has 0 atom stereocenters. The number of aromatic amines is 1. The number of carbonyl (C=O) groups excluding carboxylic acids is 3. The molecule has 5 rings (SSSR count). The van der Waals surface area contributed by atoms with E-state index in [0.717, 1.165) is 94.1 Å². The molecule has 2 aromatic carbocycles. The zero-order valence-electron chi connectivity index (χ0n) is 46.0. The van der Waals surface area contributed by atoms with Gasteiger partial charge in [-0.1, -0.05) is 113 Å². The Kier molecular flexibility index (Phi) is 33.2. The second-order valence-electron chi connectivity index (χ2n) is 19.7. The van der Waals surface area contributed by atoms with Crippen molar-refractivity contribution in [2.75, 3.05) is 31.1 Å². The SMILES string of the molecule is C#CCCCCCc1cn(C(=O)OC(C)(C)C)c(N)n1.CCCCCCCc1ccc(C(=O)NCCN=[N+]=[N-])cc1.CCCCCCCc1ccc(C(=O)NCCn2cc(CCCCCc3cnc(N)[nH]3)nn2)cc1.Cl. The second kappa shape index (κ2) is 38.7. The van der Waals surface area contributed by atoms with Crippen LogP contribution in [-0.2, 0) is 43.4 Å². The number of H-pyrrole nitrogens is 1. The summed E-state index contributed by atoms with van der Waals surface area (Å²) >= 11 is 0. The molecule has 0 aliphatic heterocycles. The van der Waals surface area contributed by atoms with E-state index in [9.17, 15) is 14.4 Å². The summed E-state index contributed by atoms with van der Waals surface area (Å²) in [6, 6.07) is 15.7. The molecule has 0 fully saturated rings. The molecule has 18 nitrogen and oxygen atoms in total. The van der Waals surface area contributed by atoms with E-state index >= 15 is 0 Å². The summed E-state index contributed by atoms with van der Waals surface area (Å²) < 4.78 is 8.31. The Hall–Kier alpha value is -6.83. The van der Waals surface area contributed by atoms with Gasteiger partial charge in [0, 0.05) is 60.2 Å². The summed E-state index contributed by atoms with van der Waals surface area (Å²) in [5.74, 6) is 3.08. The van der Waals surface area contributed by atoms with Gasteiger partial charge in [0.05, 0.1) is 24.1 Å². The van der Waals surface area contributed by atoms with Crippen molar-refractivity contribution < 1.29 is 19.1 Å². The van der Waals surface area contributed by atoms with Gasteiger partial charge < -0.3 is 31.8 Å². The number of imidazole rings is 2. The monoisotopic (exact) mass is 1070 g/mol. The molecule has 0 aliphatic rings. The van der Waals surface area contributed by atoms with E-state index < -0.39 is 11.7 Å². The van der Waals surface area contributed by atoms with Crippen molar-refractivity contribution >= 4 is 42.2 Å². The van der Waals surface area contributed by atoms with Crippen LogP contribution in [0.15, 0.2) is 72.2 Å². The van der Waals surface area contributed by atoms with Crippen molar-refractivity contribution in [1.29, 1.82) is 0 Å². The molecule has 0 spiro atoms. The predicted molar refractivity (Wildman–Crippen MR) is 307 cm³/mol. The molecule has 416 valence electrons. The first kappa shape index (κ1) is 65.3. The van der Waals surface area contributed by atoms with Crippen LogP contribution < -0.4 is 22.1 Å². The van der Waals surface area contributed by atoms with E-state index in [-0.39, 0.29) is 36.7 Å². The number of nitrogens with one attached hydrogen (secondary N) is 3. The molecule has 3 aromatic heterocycles. The van der Waals surface area contributed by atoms with Crippen molar-refractivity contribution in [2.24, 2.45) is 5.11 Å². The number of aromatic nitrogens is 7. The van der Waals surface area contributed by atoms with Crippen molar-refractivity contribution in [2.45, 2.75) is 188 Å². The highest BCUT2D eigenvalue weighted by molar-refractivity contribution is 5.94. The predicted octanol–water partition coefficient (Wildman–Crippen LogP) is 12.1. The normalized spacial score (nSPS) is 10.6. The largest absolute Gasteiger partial charge is 0.443 e. The number of azide groups is 1. The van der Waals surface area contributed by atoms with Gasteiger partial charge in [0.25, 0.3) is 11.8 Å². The van der Waals surface area contributed by atoms with Crippen LogP contribution in [0.25, 0.3) is 10.4 Å². The van der Waals surface area contributed by atoms with Gasteiger partial charge in [0.2, 0.25) is 5.95 Å². The van der Waals surface area contributed by atoms with Crippen LogP contribution in [0.1, 0.15) is 193 Å². The maximum Gasteiger partial charge on any atom is 0.421 e. The van der Waals surface area contributed by atoms with E-state index in [1.165, 1.54) is 79.9 Å². The lowest BCUT2D eigenvalue weighted by Gasteiger charge is -2.19. The number of hydrogen-bond donors (Lipinski definition) is 5. The van der Waals surface area contributed by atoms with Gasteiger partial charge in [-0.15, -0.1) is 29.8 Å². The van der Waals surface area contributed by atoms with Crippen LogP contribution in [0.5, 0.6) is 0 Å². The van der Waals surface area contributed by atoms with Crippen LogP contribution in [0.4, 0.5) is 16.7 Å². The number of hydrogen-bond acceptors (Lipinski definition) is 11. The molecule has 0 radical (unpaired) electrons. The summed E-state index contributed by atoms with van der Waals surface area (Å²) in [7, 11) is 0. The molecule has 0 unspecified atom stereocenters. The lowest BCUT2D eigenvalue weighted by molar-refractivity contribution is 0.0540. The number of nitrogens with two attached hydrogens (primary N) is 2. The fraction of sp³-hybridized carbons (Fsp3) is 0.561. The molecular weight excluding hydrogens is 980 g/mol. The Morgan fingerprint density at radius 2 is 1.26 bits per heavy atom. The van der Waals surface area contributed by atoms with Gasteiger partial charge in [-0.3, -0.25) is 14.3 Å². The molecule has 0 bridgehead atoms. The van der Waals surface area contributed by atoms with E-state index in [1.807, 2.05) is 63.4 Å². The second-order valence-corrected chi connectivity index (χ2v) is 19.7. The van der Waals surface area contributed by atoms with Gasteiger partial charge in [-0.25, -0.2) is 19.3 Å². The first-order valence-corrected chi connectivity index (χ1v) is 27.2. The number of ether oxygens (including phenoxy) is 1. The number of nitrogen functional groups attached to an aromatic ring is 2. The maximum atomic E-state index is 12.4. The Balaban J connectivity index is 0.000000410. The number of nitrogens with zero attached hydrogens (tertiary/aromatic N) is 9. The van der Waals surface area contributed by atoms with Crippen molar-refractivity contribution in [3.05, 3.63) is 117 Å². The summed E-state index contributed by atoms with van der Waals surface area (Å²) in [5.41, 5.74) is 25.7. The topological polar surface area (TPSA) is 263 Å². The third-order valence-electron chi connectivity index (χ3n) is 12.0. The minimum atomic E-state index is -0.552. The van der Waals surface area contributed by atoms with Gasteiger partial charge in [0.1, 0.15) is 5.60 Å². The first-order valence-electron chi connectivity index (χ1n) is 27.2. The minimum absolute atomic E-state index is 0. The number of benzene rings is 2. The van der Waals surface area contributed by atoms with E-state index in [1.54, 1.807) is 17.1 Å². The smallest absolute Gasteiger partial charge is 0.421 e. The van der Waals surface area contributed by atoms with E-state index in [0.29, 0.717) is 36.7 Å². The highest BCUT2D eigenvalue weighted by Crippen LogP contribution is 2.16. The molecule has 0 saturated carbocycles. The number of unbranched alkanes of at least 4 members (excludes halogenated alkanes) is 13. The molecule has 5 aromatic rings. The number of amides is 2. The minimum Gasteiger partial charge on any atom is -0.443 e. The van der Waals surface area contributed by atoms with Crippen molar-refractivity contribution in [1.82, 2.24) is 45.1 Å². The van der Waals surface area contributed by atoms with Gasteiger partial charge >= 0.3 is 6.09 Å². The zero-order valence-corrected chi connectivity index (χ0v) is 46.9. The Bertz CT molecular complexity index is 2460. The molecule has 0 saturated heterocycles. The lowest BCUT2D eigenvalue weighted by atomic mass is 10.0. The zero-order chi connectivity index (χ0) is 54.5. The number of terminal acetylenes is 1. The molecule has 7 N–H and O–H groups in total. The van der Waals surface area contributed by atoms with Gasteiger partial charge in [-0.2, -0.15) is 0 Å². The fourth-order valence-corrected chi connectivity index (χ4v) is 7.86. The summed E-state index contributed by atoms with van der Waals surface area (Å²) in [6.07, 6.45) is 34.8. The highest BCUT2D eigenvalue weighted by atomic mass is 35.5. The third-order valence-corrected chi connectivity index (χ3v) is 12.0. The third kappa shape index (κ3) is 28.7. The Morgan fingerprint density at radius 1 is 0.737 bits per heavy atom. The van der Waals surface area contributed by atoms with Crippen LogP contribution in [-0.4, -0.2) is 77.7 Å². The number of anilines is 2. The summed E-state index contributed by atoms with van der Waals surface area (Å²) in [5, 5.41) is 17.5. The molecule has 19 heteroatoms. The van der Waals surface area contributed by atoms with Crippen LogP contribution in [0.3, 0.4) is 0 Å². The van der Waals surface area contributed by atoms with Crippen molar-refractivity contribution in [3.8, 4) is 12.3 Å². The summed E-state index contributed by atoms with van der Waals surface area (Å²) in [4.78, 5) is 50.0. The number of halogens is 1. The molecule has 76 heavy (non-hydrogen) atoms. The molecule has 2 amide bonds. The highest BCUT2D eigenvalue weighted by Gasteiger charge is 2.20. The van der Waals surface area contributed by atoms with Crippen molar-refractivity contribution in [3.63, 3.8) is 0 Å². The standard InChI is InChI=1S/C26H39N7O.C16H24N4O.C15H23N3O2.ClH/c1-2-3-4-5-7-10-21-13-15-22(16-14-21)25(34)28-17-18-33-20-24(31-32-33)12-9-6-8-11-23-19-29-26(27)30-23;1-2-3-4-5-6-7-14-8-10-15(11-9-14)16(21)18-12-13-19-20-17;1-5-6-7-8-9-10-12-11-18(13(16)17-12)14(19)20-15(2,3)4;/h13-16,19-20H,2-12,17-18H2,1H3,(H,28,34)(H3,27,29,30);8-11H,2-7,12-13H2,1H3,(H,18,21);1,11H,6-10H2,2-4H3,(H2,16,17);1H. The Morgan fingerprint density at radius 3 is 1.80 bits per heavy atom. The number of carbonyl (C=O) groups is 3. The van der Waals surface area contributed by atoms with E-state index in [2.05, 4.69) is 77.8 Å². The van der Waals surface area contributed by atoms with Crippen LogP contribution >= 0.6 is 12.4 Å². The quantitative estimate of drug-likeness (QED) is 0.00921. The Labute approximate surface area is 458 Å². The summed E-state index contributed by atoms with van der Waals surface area (Å²) in [6.45, 7) is 11.7. The van der Waals surface area contributed by atoms with E-state index in [4.69, 9.17) is 28.2 Å². The number of aryl methyl sites for hydroxylation is 5. The first-order chi connectivity index (χ1) is 36.2. The molecular formula is C57H87ClN14O4. The molecule has 0 aliphatic carbocycles. The molecule has 3 heterocycles. The average molecular weight is 1070 g/mol. The van der Waals surface area contributed by atoms with Crippen LogP contribution in [0, 0.1) is 12.3 Å². The lowest BCUT2D eigenvalue weighted by Crippen LogP contribution is -2.27. The van der Waals surface area contributed by atoms with Gasteiger partial charge in [-0.05, 0) is 132 Å². The maximum absolute atomic E-state index is 12.4. The number of rotatable bonds is 31.